The van der Waals surface area contributed by atoms with Crippen molar-refractivity contribution in [3.05, 3.63) is 60.2 Å². The molecule has 0 saturated carbocycles. The van der Waals surface area contributed by atoms with Crippen molar-refractivity contribution in [2.24, 2.45) is 7.05 Å². The zero-order valence-electron chi connectivity index (χ0n) is 14.6. The number of nitrogens with two attached hydrogens (primary N) is 1. The summed E-state index contributed by atoms with van der Waals surface area (Å²) in [6, 6.07) is 5.69. The second-order valence-corrected chi connectivity index (χ2v) is 6.86. The zero-order chi connectivity index (χ0) is 18.9. The molecule has 1 heterocycles. The second-order valence-electron chi connectivity index (χ2n) is 6.07. The lowest BCUT2D eigenvalue weighted by Gasteiger charge is -2.16. The van der Waals surface area contributed by atoms with E-state index in [9.17, 15) is 14.4 Å². The molecule has 0 radical (unpaired) electrons. The summed E-state index contributed by atoms with van der Waals surface area (Å²) in [5.41, 5.74) is 7.65. The van der Waals surface area contributed by atoms with Gasteiger partial charge >= 0.3 is 5.69 Å². The number of hydrogen-bond acceptors (Lipinski definition) is 4. The number of nitrogen functional groups attached to an aromatic ring is 1. The highest BCUT2D eigenvalue weighted by molar-refractivity contribution is 9.10. The Bertz CT molecular complexity index is 909. The number of carbonyl (C=O) groups is 1. The van der Waals surface area contributed by atoms with E-state index >= 15 is 0 Å². The number of hydrogen-bond donors (Lipinski definition) is 2. The third-order valence-electron chi connectivity index (χ3n) is 4.25. The fraction of sp³-hybridized carbons (Fsp3) is 0.353. The van der Waals surface area contributed by atoms with E-state index in [0.29, 0.717) is 0 Å². The van der Waals surface area contributed by atoms with Gasteiger partial charge in [-0.3, -0.25) is 14.2 Å². The summed E-state index contributed by atoms with van der Waals surface area (Å²) >= 11 is 3.06. The third-order valence-corrected chi connectivity index (χ3v) is 4.99. The fourth-order valence-electron chi connectivity index (χ4n) is 2.43. The zero-order valence-corrected chi connectivity index (χ0v) is 16.2. The summed E-state index contributed by atoms with van der Waals surface area (Å²) in [6.07, 6.45) is 0. The first-order chi connectivity index (χ1) is 11.6. The molecule has 2 aromatic rings. The van der Waals surface area contributed by atoms with Crippen molar-refractivity contribution in [2.45, 2.75) is 33.4 Å². The Balaban J connectivity index is 2.22. The Morgan fingerprint density at radius 1 is 1.28 bits per heavy atom. The van der Waals surface area contributed by atoms with Crippen LogP contribution in [0.5, 0.6) is 0 Å². The summed E-state index contributed by atoms with van der Waals surface area (Å²) in [4.78, 5) is 36.7. The Hall–Kier alpha value is -2.35. The first-order valence-corrected chi connectivity index (χ1v) is 8.54. The number of benzene rings is 1. The van der Waals surface area contributed by atoms with Crippen LogP contribution in [0.25, 0.3) is 0 Å². The molecule has 8 heteroatoms. The van der Waals surface area contributed by atoms with Gasteiger partial charge in [-0.15, -0.1) is 0 Å². The van der Waals surface area contributed by atoms with Crippen LogP contribution < -0.4 is 22.3 Å². The molecule has 1 aromatic carbocycles. The van der Waals surface area contributed by atoms with Gasteiger partial charge in [0.1, 0.15) is 16.8 Å². The minimum absolute atomic E-state index is 0.0233. The topological polar surface area (TPSA) is 99.1 Å². The van der Waals surface area contributed by atoms with Crippen molar-refractivity contribution in [2.75, 3.05) is 5.73 Å². The molecule has 7 nitrogen and oxygen atoms in total. The number of aryl methyl sites for hydroxylation is 2. The van der Waals surface area contributed by atoms with Gasteiger partial charge < -0.3 is 11.1 Å². The molecule has 2 rings (SSSR count). The standard InChI is InChI=1S/C17H21BrN4O3/c1-9-5-6-12(7-10(9)2)11(3)20-13(23)8-22-16(24)14(18)15(19)21(4)17(22)25/h5-7,11H,8,19H2,1-4H3,(H,20,23)/t11-/m0/s1. The van der Waals surface area contributed by atoms with Crippen LogP contribution in [0.3, 0.4) is 0 Å². The average Bonchev–Trinajstić information content (AvgIpc) is 2.57. The van der Waals surface area contributed by atoms with Gasteiger partial charge in [-0.25, -0.2) is 9.36 Å². The van der Waals surface area contributed by atoms with Crippen LogP contribution >= 0.6 is 15.9 Å². The largest absolute Gasteiger partial charge is 0.384 e. The lowest BCUT2D eigenvalue weighted by molar-refractivity contribution is -0.122. The Morgan fingerprint density at radius 3 is 2.52 bits per heavy atom. The number of anilines is 1. The fourth-order valence-corrected chi connectivity index (χ4v) is 2.91. The summed E-state index contributed by atoms with van der Waals surface area (Å²) < 4.78 is 2.03. The third kappa shape index (κ3) is 3.84. The molecule has 0 aliphatic heterocycles. The van der Waals surface area contributed by atoms with Crippen molar-refractivity contribution >= 4 is 27.7 Å². The minimum Gasteiger partial charge on any atom is -0.384 e. The second kappa shape index (κ2) is 7.26. The molecule has 3 N–H and O–H groups in total. The maximum absolute atomic E-state index is 12.3. The molecule has 1 amide bonds. The summed E-state index contributed by atoms with van der Waals surface area (Å²) in [5.74, 6) is -0.406. The van der Waals surface area contributed by atoms with Crippen LogP contribution in [0, 0.1) is 13.8 Å². The van der Waals surface area contributed by atoms with Crippen molar-refractivity contribution in [1.29, 1.82) is 0 Å². The van der Waals surface area contributed by atoms with Gasteiger partial charge in [0, 0.05) is 7.05 Å². The van der Waals surface area contributed by atoms with E-state index in [1.165, 1.54) is 12.6 Å². The number of nitrogens with one attached hydrogen (secondary N) is 1. The quantitative estimate of drug-likeness (QED) is 0.797. The van der Waals surface area contributed by atoms with Crippen LogP contribution in [0.15, 0.2) is 32.3 Å². The van der Waals surface area contributed by atoms with Crippen LogP contribution in [-0.2, 0) is 18.4 Å². The van der Waals surface area contributed by atoms with Crippen LogP contribution in [-0.4, -0.2) is 15.0 Å². The van der Waals surface area contributed by atoms with Crippen molar-refractivity contribution in [3.63, 3.8) is 0 Å². The number of nitrogens with zero attached hydrogens (tertiary/aromatic N) is 2. The Labute approximate surface area is 153 Å². The molecule has 134 valence electrons. The van der Waals surface area contributed by atoms with Gasteiger partial charge in [-0.2, -0.15) is 0 Å². The van der Waals surface area contributed by atoms with E-state index in [0.717, 1.165) is 20.3 Å². The molecule has 0 fully saturated rings. The number of halogens is 1. The Kier molecular flexibility index (Phi) is 5.52. The van der Waals surface area contributed by atoms with E-state index in [1.54, 1.807) is 0 Å². The highest BCUT2D eigenvalue weighted by Crippen LogP contribution is 2.16. The van der Waals surface area contributed by atoms with Crippen molar-refractivity contribution in [3.8, 4) is 0 Å². The lowest BCUT2D eigenvalue weighted by atomic mass is 10.0. The molecule has 1 atom stereocenters. The Morgan fingerprint density at radius 2 is 1.92 bits per heavy atom. The first kappa shape index (κ1) is 19.0. The van der Waals surface area contributed by atoms with Gasteiger partial charge in [-0.05, 0) is 53.4 Å². The number of amides is 1. The minimum atomic E-state index is -0.639. The van der Waals surface area contributed by atoms with Crippen molar-refractivity contribution in [1.82, 2.24) is 14.5 Å². The van der Waals surface area contributed by atoms with Gasteiger partial charge in [-0.1, -0.05) is 18.2 Å². The van der Waals surface area contributed by atoms with Crippen LogP contribution in [0.4, 0.5) is 5.82 Å². The number of carbonyl (C=O) groups excluding carboxylic acids is 1. The van der Waals surface area contributed by atoms with Gasteiger partial charge in [0.05, 0.1) is 6.04 Å². The van der Waals surface area contributed by atoms with E-state index in [2.05, 4.69) is 21.2 Å². The molecule has 0 spiro atoms. The lowest BCUT2D eigenvalue weighted by Crippen LogP contribution is -2.44. The maximum atomic E-state index is 12.3. The molecule has 0 bridgehead atoms. The molecule has 0 saturated heterocycles. The summed E-state index contributed by atoms with van der Waals surface area (Å²) in [7, 11) is 1.44. The summed E-state index contributed by atoms with van der Waals surface area (Å²) in [5, 5.41) is 2.81. The van der Waals surface area contributed by atoms with Crippen molar-refractivity contribution < 1.29 is 4.79 Å². The van der Waals surface area contributed by atoms with E-state index < -0.39 is 17.2 Å². The molecule has 0 aliphatic carbocycles. The van der Waals surface area contributed by atoms with Gasteiger partial charge in [0.2, 0.25) is 5.91 Å². The van der Waals surface area contributed by atoms with E-state index in [4.69, 9.17) is 5.73 Å². The molecule has 1 aromatic heterocycles. The molecular weight excluding hydrogens is 388 g/mol. The highest BCUT2D eigenvalue weighted by Gasteiger charge is 2.17. The highest BCUT2D eigenvalue weighted by atomic mass is 79.9. The predicted molar refractivity (Wildman–Crippen MR) is 101 cm³/mol. The molecule has 0 aliphatic rings. The summed E-state index contributed by atoms with van der Waals surface area (Å²) in [6.45, 7) is 5.49. The normalized spacial score (nSPS) is 12.0. The van der Waals surface area contributed by atoms with Crippen LogP contribution in [0.1, 0.15) is 29.7 Å². The molecular formula is C17H21BrN4O3. The predicted octanol–water partition coefficient (Wildman–Crippen LogP) is 1.39. The number of aromatic nitrogens is 2. The van der Waals surface area contributed by atoms with E-state index in [-0.39, 0.29) is 22.9 Å². The molecule has 0 unspecified atom stereocenters. The van der Waals surface area contributed by atoms with Gasteiger partial charge in [0.15, 0.2) is 0 Å². The maximum Gasteiger partial charge on any atom is 0.332 e. The smallest absolute Gasteiger partial charge is 0.332 e. The average molecular weight is 409 g/mol. The van der Waals surface area contributed by atoms with E-state index in [1.807, 2.05) is 39.0 Å². The monoisotopic (exact) mass is 408 g/mol. The van der Waals surface area contributed by atoms with Crippen LogP contribution in [0.2, 0.25) is 0 Å². The SMILES string of the molecule is Cc1ccc([C@H](C)NC(=O)Cn2c(=O)c(Br)c(N)n(C)c2=O)cc1C. The molecule has 25 heavy (non-hydrogen) atoms. The number of rotatable bonds is 4. The van der Waals surface area contributed by atoms with Gasteiger partial charge in [0.25, 0.3) is 5.56 Å². The first-order valence-electron chi connectivity index (χ1n) is 7.74.